The van der Waals surface area contributed by atoms with E-state index in [1.807, 2.05) is 12.3 Å². The molecule has 1 heterocycles. The molecule has 0 radical (unpaired) electrons. The van der Waals surface area contributed by atoms with Crippen molar-refractivity contribution in [2.45, 2.75) is 0 Å². The minimum atomic E-state index is 1.04. The van der Waals surface area contributed by atoms with Gasteiger partial charge in [0.1, 0.15) is 0 Å². The smallest absolute Gasteiger partial charge is 0.0702 e. The van der Waals surface area contributed by atoms with Crippen LogP contribution in [0.5, 0.6) is 0 Å². The summed E-state index contributed by atoms with van der Waals surface area (Å²) in [6, 6.07) is 19.1. The molecule has 0 bridgehead atoms. The molecule has 0 aliphatic rings. The normalized spacial score (nSPS) is 10.6. The molecule has 0 saturated heterocycles. The Labute approximate surface area is 113 Å². The molecule has 0 fully saturated rings. The average Bonchev–Trinajstić information content (AvgIpc) is 2.47. The van der Waals surface area contributed by atoms with Crippen molar-refractivity contribution in [1.29, 1.82) is 0 Å². The standard InChI is InChI=1S/C17H16N2/c1-19(2)16-8-5-13(6-9-16)14-7-10-17-15(12-14)4-3-11-18-17/h3-12H,1-2H3. The van der Waals surface area contributed by atoms with Crippen molar-refractivity contribution in [3.05, 3.63) is 60.8 Å². The highest BCUT2D eigenvalue weighted by molar-refractivity contribution is 5.84. The van der Waals surface area contributed by atoms with Crippen LogP contribution in [0.25, 0.3) is 22.0 Å². The lowest BCUT2D eigenvalue weighted by molar-refractivity contribution is 1.13. The van der Waals surface area contributed by atoms with Gasteiger partial charge in [-0.3, -0.25) is 4.98 Å². The lowest BCUT2D eigenvalue weighted by atomic mass is 10.0. The molecule has 0 unspecified atom stereocenters. The Bertz CT molecular complexity index is 700. The van der Waals surface area contributed by atoms with Gasteiger partial charge in [-0.1, -0.05) is 24.3 Å². The van der Waals surface area contributed by atoms with E-state index < -0.39 is 0 Å². The first-order valence-electron chi connectivity index (χ1n) is 6.36. The third kappa shape index (κ3) is 2.29. The number of pyridine rings is 1. The summed E-state index contributed by atoms with van der Waals surface area (Å²) < 4.78 is 0. The van der Waals surface area contributed by atoms with E-state index in [-0.39, 0.29) is 0 Å². The Hall–Kier alpha value is -2.35. The van der Waals surface area contributed by atoms with Crippen molar-refractivity contribution in [3.8, 4) is 11.1 Å². The summed E-state index contributed by atoms with van der Waals surface area (Å²) in [6.07, 6.45) is 1.83. The number of benzene rings is 2. The van der Waals surface area contributed by atoms with E-state index in [4.69, 9.17) is 0 Å². The fraction of sp³-hybridized carbons (Fsp3) is 0.118. The summed E-state index contributed by atoms with van der Waals surface area (Å²) in [4.78, 5) is 6.45. The second kappa shape index (κ2) is 4.73. The number of hydrogen-bond donors (Lipinski definition) is 0. The maximum atomic E-state index is 4.35. The molecule has 1 aromatic heterocycles. The van der Waals surface area contributed by atoms with E-state index in [1.54, 1.807) is 0 Å². The molecule has 2 aromatic carbocycles. The van der Waals surface area contributed by atoms with Crippen LogP contribution in [-0.2, 0) is 0 Å². The molecule has 0 spiro atoms. The summed E-state index contributed by atoms with van der Waals surface area (Å²) in [6.45, 7) is 0. The third-order valence-corrected chi connectivity index (χ3v) is 3.32. The van der Waals surface area contributed by atoms with Crippen LogP contribution >= 0.6 is 0 Å². The van der Waals surface area contributed by atoms with E-state index in [9.17, 15) is 0 Å². The van der Waals surface area contributed by atoms with Gasteiger partial charge < -0.3 is 4.90 Å². The molecule has 2 nitrogen and oxygen atoms in total. The van der Waals surface area contributed by atoms with Gasteiger partial charge in [0.2, 0.25) is 0 Å². The first-order chi connectivity index (χ1) is 9.24. The van der Waals surface area contributed by atoms with Crippen molar-refractivity contribution in [3.63, 3.8) is 0 Å². The number of hydrogen-bond acceptors (Lipinski definition) is 2. The van der Waals surface area contributed by atoms with Crippen LogP contribution in [0.15, 0.2) is 60.8 Å². The number of rotatable bonds is 2. The molecule has 3 aromatic rings. The van der Waals surface area contributed by atoms with Crippen LogP contribution in [0, 0.1) is 0 Å². The van der Waals surface area contributed by atoms with E-state index in [0.29, 0.717) is 0 Å². The maximum Gasteiger partial charge on any atom is 0.0702 e. The Morgan fingerprint density at radius 3 is 2.32 bits per heavy atom. The summed E-state index contributed by atoms with van der Waals surface area (Å²) in [5, 5.41) is 1.18. The quantitative estimate of drug-likeness (QED) is 0.682. The second-order valence-electron chi connectivity index (χ2n) is 4.85. The second-order valence-corrected chi connectivity index (χ2v) is 4.85. The zero-order chi connectivity index (χ0) is 13.2. The van der Waals surface area contributed by atoms with Crippen LogP contribution < -0.4 is 4.90 Å². The zero-order valence-electron chi connectivity index (χ0n) is 11.2. The first kappa shape index (κ1) is 11.7. The van der Waals surface area contributed by atoms with Crippen LogP contribution in [0.2, 0.25) is 0 Å². The van der Waals surface area contributed by atoms with E-state index in [1.165, 1.54) is 22.2 Å². The van der Waals surface area contributed by atoms with E-state index >= 15 is 0 Å². The summed E-state index contributed by atoms with van der Waals surface area (Å²) in [5.74, 6) is 0. The summed E-state index contributed by atoms with van der Waals surface area (Å²) in [5.41, 5.74) is 4.71. The van der Waals surface area contributed by atoms with Gasteiger partial charge in [0.15, 0.2) is 0 Å². The monoisotopic (exact) mass is 248 g/mol. The molecule has 0 aliphatic carbocycles. The number of anilines is 1. The minimum absolute atomic E-state index is 1.04. The molecule has 0 atom stereocenters. The molecule has 2 heteroatoms. The van der Waals surface area contributed by atoms with Crippen LogP contribution in [0.1, 0.15) is 0 Å². The van der Waals surface area contributed by atoms with E-state index in [0.717, 1.165) is 5.52 Å². The number of nitrogens with zero attached hydrogens (tertiary/aromatic N) is 2. The maximum absolute atomic E-state index is 4.35. The summed E-state index contributed by atoms with van der Waals surface area (Å²) in [7, 11) is 4.10. The lowest BCUT2D eigenvalue weighted by Gasteiger charge is -2.12. The Morgan fingerprint density at radius 2 is 1.58 bits per heavy atom. The van der Waals surface area contributed by atoms with Crippen molar-refractivity contribution < 1.29 is 0 Å². The molecule has 0 N–H and O–H groups in total. The van der Waals surface area contributed by atoms with Gasteiger partial charge >= 0.3 is 0 Å². The lowest BCUT2D eigenvalue weighted by Crippen LogP contribution is -2.07. The molecule has 3 rings (SSSR count). The third-order valence-electron chi connectivity index (χ3n) is 3.32. The minimum Gasteiger partial charge on any atom is -0.378 e. The predicted molar refractivity (Wildman–Crippen MR) is 81.5 cm³/mol. The Morgan fingerprint density at radius 1 is 0.842 bits per heavy atom. The van der Waals surface area contributed by atoms with Gasteiger partial charge in [0, 0.05) is 31.4 Å². The Balaban J connectivity index is 2.03. The number of aromatic nitrogens is 1. The van der Waals surface area contributed by atoms with Crippen molar-refractivity contribution in [2.24, 2.45) is 0 Å². The topological polar surface area (TPSA) is 16.1 Å². The highest BCUT2D eigenvalue weighted by atomic mass is 15.1. The van der Waals surface area contributed by atoms with E-state index in [2.05, 4.69) is 72.5 Å². The van der Waals surface area contributed by atoms with Crippen molar-refractivity contribution in [1.82, 2.24) is 4.98 Å². The van der Waals surface area contributed by atoms with Crippen molar-refractivity contribution in [2.75, 3.05) is 19.0 Å². The highest BCUT2D eigenvalue weighted by Gasteiger charge is 2.01. The highest BCUT2D eigenvalue weighted by Crippen LogP contribution is 2.25. The molecule has 94 valence electrons. The van der Waals surface area contributed by atoms with Crippen molar-refractivity contribution >= 4 is 16.6 Å². The van der Waals surface area contributed by atoms with Gasteiger partial charge in [0.25, 0.3) is 0 Å². The summed E-state index contributed by atoms with van der Waals surface area (Å²) >= 11 is 0. The molecule has 0 aliphatic heterocycles. The van der Waals surface area contributed by atoms with Gasteiger partial charge in [0.05, 0.1) is 5.52 Å². The molecule has 0 saturated carbocycles. The fourth-order valence-electron chi connectivity index (χ4n) is 2.21. The molecule has 0 amide bonds. The fourth-order valence-corrected chi connectivity index (χ4v) is 2.21. The molecular weight excluding hydrogens is 232 g/mol. The zero-order valence-corrected chi connectivity index (χ0v) is 11.2. The van der Waals surface area contributed by atoms with Gasteiger partial charge in [-0.25, -0.2) is 0 Å². The van der Waals surface area contributed by atoms with Crippen LogP contribution in [-0.4, -0.2) is 19.1 Å². The molecule has 19 heavy (non-hydrogen) atoms. The Kier molecular flexibility index (Phi) is 2.92. The SMILES string of the molecule is CN(C)c1ccc(-c2ccc3ncccc3c2)cc1. The largest absolute Gasteiger partial charge is 0.378 e. The average molecular weight is 248 g/mol. The van der Waals surface area contributed by atoms with Crippen LogP contribution in [0.3, 0.4) is 0 Å². The van der Waals surface area contributed by atoms with Crippen LogP contribution in [0.4, 0.5) is 5.69 Å². The van der Waals surface area contributed by atoms with Gasteiger partial charge in [-0.05, 0) is 41.5 Å². The van der Waals surface area contributed by atoms with Gasteiger partial charge in [-0.2, -0.15) is 0 Å². The molecular formula is C17H16N2. The first-order valence-corrected chi connectivity index (χ1v) is 6.36. The number of fused-ring (bicyclic) bond motifs is 1. The predicted octanol–water partition coefficient (Wildman–Crippen LogP) is 3.97. The van der Waals surface area contributed by atoms with Gasteiger partial charge in [-0.15, -0.1) is 0 Å².